The Morgan fingerprint density at radius 2 is 2.15 bits per heavy atom. The molecule has 9 heteroatoms. The van der Waals surface area contributed by atoms with E-state index in [0.717, 1.165) is 10.6 Å². The van der Waals surface area contributed by atoms with Crippen LogP contribution in [0.2, 0.25) is 5.02 Å². The van der Waals surface area contributed by atoms with E-state index in [-0.39, 0.29) is 28.0 Å². The SMILES string of the molecule is Cc1ncsc1-c1nc(C2CCN(C(=O)O)C(C(C)(C)C)C2)c(Cl)c(=O)[nH]1. The van der Waals surface area contributed by atoms with Gasteiger partial charge in [-0.15, -0.1) is 11.3 Å². The van der Waals surface area contributed by atoms with E-state index in [4.69, 9.17) is 11.6 Å². The Kier molecular flexibility index (Phi) is 5.31. The van der Waals surface area contributed by atoms with Gasteiger partial charge in [0, 0.05) is 18.5 Å². The lowest BCUT2D eigenvalue weighted by Crippen LogP contribution is -2.51. The van der Waals surface area contributed by atoms with Crippen molar-refractivity contribution in [2.45, 2.75) is 52.5 Å². The third-order valence-corrected chi connectivity index (χ3v) is 6.38. The largest absolute Gasteiger partial charge is 0.465 e. The molecule has 2 aromatic rings. The van der Waals surface area contributed by atoms with E-state index in [9.17, 15) is 14.7 Å². The molecular weight excluding hydrogens is 388 g/mol. The second-order valence-electron chi connectivity index (χ2n) is 7.96. The number of piperidine rings is 1. The minimum Gasteiger partial charge on any atom is -0.465 e. The summed E-state index contributed by atoms with van der Waals surface area (Å²) < 4.78 is 0. The first-order valence-electron chi connectivity index (χ1n) is 8.79. The number of hydrogen-bond acceptors (Lipinski definition) is 5. The second-order valence-corrected chi connectivity index (χ2v) is 9.19. The Labute approximate surface area is 166 Å². The first-order valence-corrected chi connectivity index (χ1v) is 10.0. The lowest BCUT2D eigenvalue weighted by atomic mass is 9.76. The van der Waals surface area contributed by atoms with Crippen LogP contribution in [0.5, 0.6) is 0 Å². The molecule has 0 aliphatic carbocycles. The van der Waals surface area contributed by atoms with Gasteiger partial charge in [0.1, 0.15) is 5.02 Å². The number of likely N-dealkylation sites (tertiary alicyclic amines) is 1. The van der Waals surface area contributed by atoms with Crippen LogP contribution in [0.4, 0.5) is 4.79 Å². The number of thiazole rings is 1. The van der Waals surface area contributed by atoms with Crippen molar-refractivity contribution in [3.05, 3.63) is 32.3 Å². The highest BCUT2D eigenvalue weighted by atomic mass is 35.5. The quantitative estimate of drug-likeness (QED) is 0.775. The smallest absolute Gasteiger partial charge is 0.407 e. The zero-order chi connectivity index (χ0) is 19.9. The maximum absolute atomic E-state index is 12.4. The number of H-pyrrole nitrogens is 1. The third-order valence-electron chi connectivity index (χ3n) is 5.08. The number of amides is 1. The highest BCUT2D eigenvalue weighted by molar-refractivity contribution is 7.13. The number of carbonyl (C=O) groups is 1. The predicted octanol–water partition coefficient (Wildman–Crippen LogP) is 4.13. The van der Waals surface area contributed by atoms with E-state index in [1.807, 2.05) is 27.7 Å². The lowest BCUT2D eigenvalue weighted by Gasteiger charge is -2.44. The van der Waals surface area contributed by atoms with Crippen molar-refractivity contribution in [1.82, 2.24) is 19.9 Å². The monoisotopic (exact) mass is 410 g/mol. The highest BCUT2D eigenvalue weighted by Crippen LogP contribution is 2.40. The van der Waals surface area contributed by atoms with Crippen LogP contribution >= 0.6 is 22.9 Å². The van der Waals surface area contributed by atoms with Crippen LogP contribution < -0.4 is 5.56 Å². The first kappa shape index (κ1) is 19.8. The molecule has 0 bridgehead atoms. The Balaban J connectivity index is 2.01. The number of nitrogens with zero attached hydrogens (tertiary/aromatic N) is 3. The standard InChI is InChI=1S/C18H23ClN4O3S/c1-9-14(27-8-20-9)15-21-13(12(19)16(24)22-15)10-5-6-23(17(25)26)11(7-10)18(2,3)4/h8,10-11H,5-7H2,1-4H3,(H,25,26)(H,21,22,24). The zero-order valence-electron chi connectivity index (χ0n) is 15.7. The number of halogens is 1. The van der Waals surface area contributed by atoms with Crippen LogP contribution in [-0.2, 0) is 0 Å². The summed E-state index contributed by atoms with van der Waals surface area (Å²) in [6.07, 6.45) is 0.239. The summed E-state index contributed by atoms with van der Waals surface area (Å²) in [6.45, 7) is 8.32. The van der Waals surface area contributed by atoms with Gasteiger partial charge >= 0.3 is 6.09 Å². The number of hydrogen-bond donors (Lipinski definition) is 2. The lowest BCUT2D eigenvalue weighted by molar-refractivity contribution is 0.0521. The van der Waals surface area contributed by atoms with E-state index in [0.29, 0.717) is 30.9 Å². The van der Waals surface area contributed by atoms with Gasteiger partial charge in [-0.3, -0.25) is 4.79 Å². The number of aryl methyl sites for hydroxylation is 1. The van der Waals surface area contributed by atoms with Crippen LogP contribution in [0.3, 0.4) is 0 Å². The van der Waals surface area contributed by atoms with Gasteiger partial charge in [-0.25, -0.2) is 14.8 Å². The fourth-order valence-electron chi connectivity index (χ4n) is 3.65. The number of carboxylic acid groups (broad SMARTS) is 1. The van der Waals surface area contributed by atoms with Crippen LogP contribution in [0.1, 0.15) is 50.9 Å². The Morgan fingerprint density at radius 1 is 1.44 bits per heavy atom. The van der Waals surface area contributed by atoms with Gasteiger partial charge in [-0.1, -0.05) is 32.4 Å². The second kappa shape index (κ2) is 7.24. The molecule has 7 nitrogen and oxygen atoms in total. The summed E-state index contributed by atoms with van der Waals surface area (Å²) in [4.78, 5) is 38.0. The minimum absolute atomic E-state index is 0.0772. The molecule has 1 saturated heterocycles. The average Bonchev–Trinajstić information content (AvgIpc) is 3.02. The van der Waals surface area contributed by atoms with Crippen molar-refractivity contribution in [3.63, 3.8) is 0 Å². The molecule has 1 aliphatic rings. The molecule has 27 heavy (non-hydrogen) atoms. The highest BCUT2D eigenvalue weighted by Gasteiger charge is 2.40. The summed E-state index contributed by atoms with van der Waals surface area (Å²) in [5.74, 6) is 0.388. The molecule has 3 heterocycles. The third kappa shape index (κ3) is 3.87. The Morgan fingerprint density at radius 3 is 2.70 bits per heavy atom. The fraction of sp³-hybridized carbons (Fsp3) is 0.556. The van der Waals surface area contributed by atoms with Gasteiger partial charge in [0.25, 0.3) is 5.56 Å². The number of nitrogens with one attached hydrogen (secondary N) is 1. The summed E-state index contributed by atoms with van der Waals surface area (Å²) in [7, 11) is 0. The van der Waals surface area contributed by atoms with Gasteiger partial charge in [-0.05, 0) is 25.2 Å². The van der Waals surface area contributed by atoms with Crippen molar-refractivity contribution < 1.29 is 9.90 Å². The molecule has 2 aromatic heterocycles. The molecule has 146 valence electrons. The zero-order valence-corrected chi connectivity index (χ0v) is 17.3. The van der Waals surface area contributed by atoms with Gasteiger partial charge in [0.2, 0.25) is 0 Å². The van der Waals surface area contributed by atoms with Gasteiger partial charge in [0.15, 0.2) is 5.82 Å². The number of rotatable bonds is 2. The van der Waals surface area contributed by atoms with Crippen LogP contribution in [0, 0.1) is 12.3 Å². The molecule has 0 spiro atoms. The summed E-state index contributed by atoms with van der Waals surface area (Å²) in [5.41, 5.74) is 2.44. The molecule has 1 amide bonds. The van der Waals surface area contributed by atoms with Crippen molar-refractivity contribution in [2.24, 2.45) is 5.41 Å². The van der Waals surface area contributed by atoms with Crippen molar-refractivity contribution in [2.75, 3.05) is 6.54 Å². The van der Waals surface area contributed by atoms with Crippen LogP contribution in [-0.4, -0.2) is 43.6 Å². The molecule has 2 unspecified atom stereocenters. The van der Waals surface area contributed by atoms with Crippen molar-refractivity contribution in [1.29, 1.82) is 0 Å². The average molecular weight is 411 g/mol. The first-order chi connectivity index (χ1) is 12.6. The van der Waals surface area contributed by atoms with E-state index >= 15 is 0 Å². The van der Waals surface area contributed by atoms with Crippen LogP contribution in [0.15, 0.2) is 10.3 Å². The van der Waals surface area contributed by atoms with E-state index < -0.39 is 6.09 Å². The molecule has 3 rings (SSSR count). The molecule has 1 fully saturated rings. The summed E-state index contributed by atoms with van der Waals surface area (Å²) in [6, 6.07) is -0.181. The Bertz CT molecular complexity index is 918. The molecule has 2 atom stereocenters. The van der Waals surface area contributed by atoms with Gasteiger partial charge < -0.3 is 15.0 Å². The maximum atomic E-state index is 12.4. The molecule has 0 aromatic carbocycles. The molecule has 0 radical (unpaired) electrons. The normalized spacial score (nSPS) is 20.7. The van der Waals surface area contributed by atoms with Crippen molar-refractivity contribution in [3.8, 4) is 10.7 Å². The fourth-order valence-corrected chi connectivity index (χ4v) is 4.64. The van der Waals surface area contributed by atoms with Crippen LogP contribution in [0.25, 0.3) is 10.7 Å². The molecule has 2 N–H and O–H groups in total. The van der Waals surface area contributed by atoms with Crippen molar-refractivity contribution >= 4 is 29.0 Å². The van der Waals surface area contributed by atoms with Gasteiger partial charge in [0.05, 0.1) is 21.8 Å². The minimum atomic E-state index is -0.917. The maximum Gasteiger partial charge on any atom is 0.407 e. The molecule has 1 aliphatic heterocycles. The van der Waals surface area contributed by atoms with E-state index in [1.54, 1.807) is 5.51 Å². The summed E-state index contributed by atoms with van der Waals surface area (Å²) >= 11 is 7.72. The predicted molar refractivity (Wildman–Crippen MR) is 106 cm³/mol. The van der Waals surface area contributed by atoms with E-state index in [1.165, 1.54) is 16.2 Å². The number of aromatic nitrogens is 3. The molecular formula is C18H23ClN4O3S. The Hall–Kier alpha value is -1.93. The number of aromatic amines is 1. The summed E-state index contributed by atoms with van der Waals surface area (Å²) in [5, 5.41) is 9.64. The van der Waals surface area contributed by atoms with E-state index in [2.05, 4.69) is 15.0 Å². The van der Waals surface area contributed by atoms with Gasteiger partial charge in [-0.2, -0.15) is 0 Å². The topological polar surface area (TPSA) is 99.2 Å². The molecule has 0 saturated carbocycles.